The molecule has 2 aliphatic rings. The second-order valence-corrected chi connectivity index (χ2v) is 6.78. The van der Waals surface area contributed by atoms with Gasteiger partial charge in [0.2, 0.25) is 0 Å². The van der Waals surface area contributed by atoms with Crippen LogP contribution in [0.5, 0.6) is 0 Å². The van der Waals surface area contributed by atoms with Crippen molar-refractivity contribution in [2.75, 3.05) is 31.6 Å². The van der Waals surface area contributed by atoms with Gasteiger partial charge in [0.25, 0.3) is 0 Å². The highest BCUT2D eigenvalue weighted by Gasteiger charge is 2.34. The Labute approximate surface area is 124 Å². The first-order valence-electron chi connectivity index (χ1n) is 7.23. The number of aromatic nitrogens is 1. The van der Waals surface area contributed by atoms with Crippen LogP contribution in [0, 0.1) is 12.8 Å². The first kappa shape index (κ1) is 13.4. The first-order valence-corrected chi connectivity index (χ1v) is 8.03. The molecule has 3 rings (SSSR count). The van der Waals surface area contributed by atoms with Gasteiger partial charge in [-0.05, 0) is 73.8 Å². The molecule has 2 unspecified atom stereocenters. The van der Waals surface area contributed by atoms with Crippen LogP contribution < -0.4 is 4.90 Å². The van der Waals surface area contributed by atoms with Gasteiger partial charge in [-0.25, -0.2) is 4.98 Å². The van der Waals surface area contributed by atoms with Gasteiger partial charge >= 0.3 is 0 Å². The van der Waals surface area contributed by atoms with Gasteiger partial charge in [0, 0.05) is 23.6 Å². The van der Waals surface area contributed by atoms with E-state index in [1.165, 1.54) is 32.4 Å². The Morgan fingerprint density at radius 2 is 2.11 bits per heavy atom. The van der Waals surface area contributed by atoms with Crippen molar-refractivity contribution in [1.82, 2.24) is 9.88 Å². The van der Waals surface area contributed by atoms with Crippen LogP contribution in [0.3, 0.4) is 0 Å². The van der Waals surface area contributed by atoms with E-state index >= 15 is 0 Å². The van der Waals surface area contributed by atoms with Crippen molar-refractivity contribution in [3.63, 3.8) is 0 Å². The second kappa shape index (κ2) is 5.41. The van der Waals surface area contributed by atoms with Crippen LogP contribution in [-0.2, 0) is 0 Å². The Hall–Kier alpha value is -0.610. The number of aryl methyl sites for hydroxylation is 1. The van der Waals surface area contributed by atoms with Crippen LogP contribution in [0.25, 0.3) is 0 Å². The molecule has 2 saturated heterocycles. The van der Waals surface area contributed by atoms with Crippen LogP contribution in [0.4, 0.5) is 5.82 Å². The van der Waals surface area contributed by atoms with Crippen LogP contribution in [0.1, 0.15) is 25.0 Å². The minimum atomic E-state index is 0.793. The highest BCUT2D eigenvalue weighted by Crippen LogP contribution is 2.31. The van der Waals surface area contributed by atoms with Gasteiger partial charge in [0.15, 0.2) is 0 Å². The number of piperidine rings is 2. The van der Waals surface area contributed by atoms with Crippen molar-refractivity contribution in [3.05, 3.63) is 22.3 Å². The number of rotatable bonds is 1. The molecule has 1 aromatic rings. The fourth-order valence-corrected chi connectivity index (χ4v) is 3.79. The van der Waals surface area contributed by atoms with Crippen molar-refractivity contribution >= 4 is 21.7 Å². The minimum absolute atomic E-state index is 0.793. The summed E-state index contributed by atoms with van der Waals surface area (Å²) in [7, 11) is 2.29. The smallest absolute Gasteiger partial charge is 0.128 e. The minimum Gasteiger partial charge on any atom is -0.356 e. The normalized spacial score (nSPS) is 28.3. The molecular formula is C15H22BrN3. The molecule has 0 spiro atoms. The SMILES string of the molecule is Cc1nc(N2CCC3C(CCCN3C)C2)ccc1Br. The summed E-state index contributed by atoms with van der Waals surface area (Å²) in [5.41, 5.74) is 1.08. The predicted molar refractivity (Wildman–Crippen MR) is 82.6 cm³/mol. The molecule has 104 valence electrons. The molecule has 0 aliphatic carbocycles. The third kappa shape index (κ3) is 2.65. The van der Waals surface area contributed by atoms with Gasteiger partial charge in [-0.1, -0.05) is 0 Å². The number of anilines is 1. The zero-order chi connectivity index (χ0) is 13.4. The lowest BCUT2D eigenvalue weighted by Gasteiger charge is -2.46. The van der Waals surface area contributed by atoms with E-state index in [0.29, 0.717) is 0 Å². The first-order chi connectivity index (χ1) is 9.15. The van der Waals surface area contributed by atoms with E-state index in [-0.39, 0.29) is 0 Å². The lowest BCUT2D eigenvalue weighted by molar-refractivity contribution is 0.102. The summed E-state index contributed by atoms with van der Waals surface area (Å²) in [5.74, 6) is 1.96. The molecule has 2 atom stereocenters. The maximum absolute atomic E-state index is 4.72. The molecule has 0 N–H and O–H groups in total. The fourth-order valence-electron chi connectivity index (χ4n) is 3.57. The van der Waals surface area contributed by atoms with E-state index in [2.05, 4.69) is 51.8 Å². The standard InChI is InChI=1S/C15H22BrN3/c1-11-13(16)5-6-15(17-11)19-9-7-14-12(10-19)4-3-8-18(14)2/h5-6,12,14H,3-4,7-10H2,1-2H3. The largest absolute Gasteiger partial charge is 0.356 e. The summed E-state index contributed by atoms with van der Waals surface area (Å²) < 4.78 is 1.10. The van der Waals surface area contributed by atoms with Gasteiger partial charge in [-0.15, -0.1) is 0 Å². The Bertz CT molecular complexity index is 463. The van der Waals surface area contributed by atoms with E-state index in [9.17, 15) is 0 Å². The molecule has 19 heavy (non-hydrogen) atoms. The monoisotopic (exact) mass is 323 g/mol. The van der Waals surface area contributed by atoms with Crippen LogP contribution in [0.2, 0.25) is 0 Å². The molecule has 0 amide bonds. The molecule has 2 aliphatic heterocycles. The molecule has 1 aromatic heterocycles. The molecule has 0 aromatic carbocycles. The fraction of sp³-hybridized carbons (Fsp3) is 0.667. The van der Waals surface area contributed by atoms with Gasteiger partial charge in [0.05, 0.1) is 5.69 Å². The molecule has 3 nitrogen and oxygen atoms in total. The van der Waals surface area contributed by atoms with Crippen molar-refractivity contribution in [2.24, 2.45) is 5.92 Å². The summed E-state index contributed by atoms with van der Waals surface area (Å²) in [6, 6.07) is 5.06. The van der Waals surface area contributed by atoms with Crippen LogP contribution >= 0.6 is 15.9 Å². The number of fused-ring (bicyclic) bond motifs is 1. The van der Waals surface area contributed by atoms with Gasteiger partial charge < -0.3 is 9.80 Å². The van der Waals surface area contributed by atoms with Crippen LogP contribution in [0.15, 0.2) is 16.6 Å². The quantitative estimate of drug-likeness (QED) is 0.791. The number of hydrogen-bond acceptors (Lipinski definition) is 3. The predicted octanol–water partition coefficient (Wildman–Crippen LogP) is 3.07. The van der Waals surface area contributed by atoms with Gasteiger partial charge in [-0.3, -0.25) is 0 Å². The molecule has 0 bridgehead atoms. The number of pyridine rings is 1. The number of halogens is 1. The summed E-state index contributed by atoms with van der Waals surface area (Å²) in [6.07, 6.45) is 4.00. The summed E-state index contributed by atoms with van der Waals surface area (Å²) in [5, 5.41) is 0. The Morgan fingerprint density at radius 1 is 1.26 bits per heavy atom. The molecule has 0 radical (unpaired) electrons. The van der Waals surface area contributed by atoms with Crippen molar-refractivity contribution < 1.29 is 0 Å². The summed E-state index contributed by atoms with van der Waals surface area (Å²) in [6.45, 7) is 5.65. The van der Waals surface area contributed by atoms with E-state index in [0.717, 1.165) is 34.5 Å². The Balaban J connectivity index is 1.75. The molecular weight excluding hydrogens is 302 g/mol. The highest BCUT2D eigenvalue weighted by molar-refractivity contribution is 9.10. The lowest BCUT2D eigenvalue weighted by Crippen LogP contribution is -2.52. The Morgan fingerprint density at radius 3 is 2.89 bits per heavy atom. The van der Waals surface area contributed by atoms with E-state index in [4.69, 9.17) is 4.98 Å². The van der Waals surface area contributed by atoms with Gasteiger partial charge in [0.1, 0.15) is 5.82 Å². The zero-order valence-electron chi connectivity index (χ0n) is 11.8. The third-order valence-corrected chi connectivity index (χ3v) is 5.51. The maximum Gasteiger partial charge on any atom is 0.128 e. The van der Waals surface area contributed by atoms with Crippen LogP contribution in [-0.4, -0.2) is 42.6 Å². The molecule has 0 saturated carbocycles. The summed E-state index contributed by atoms with van der Waals surface area (Å²) in [4.78, 5) is 9.75. The maximum atomic E-state index is 4.72. The van der Waals surface area contributed by atoms with E-state index in [1.807, 2.05) is 0 Å². The van der Waals surface area contributed by atoms with Crippen molar-refractivity contribution in [2.45, 2.75) is 32.2 Å². The average molecular weight is 324 g/mol. The van der Waals surface area contributed by atoms with Gasteiger partial charge in [-0.2, -0.15) is 0 Å². The lowest BCUT2D eigenvalue weighted by atomic mass is 9.84. The second-order valence-electron chi connectivity index (χ2n) is 5.92. The topological polar surface area (TPSA) is 19.4 Å². The number of hydrogen-bond donors (Lipinski definition) is 0. The third-order valence-electron chi connectivity index (χ3n) is 4.68. The van der Waals surface area contributed by atoms with Crippen molar-refractivity contribution in [1.29, 1.82) is 0 Å². The summed E-state index contributed by atoms with van der Waals surface area (Å²) >= 11 is 3.53. The number of likely N-dealkylation sites (tertiary alicyclic amines) is 1. The number of nitrogens with zero attached hydrogens (tertiary/aromatic N) is 3. The van der Waals surface area contributed by atoms with Crippen molar-refractivity contribution in [3.8, 4) is 0 Å². The Kier molecular flexibility index (Phi) is 3.81. The molecule has 3 heterocycles. The van der Waals surface area contributed by atoms with E-state index < -0.39 is 0 Å². The average Bonchev–Trinajstić information content (AvgIpc) is 2.42. The molecule has 4 heteroatoms. The zero-order valence-corrected chi connectivity index (χ0v) is 13.4. The van der Waals surface area contributed by atoms with E-state index in [1.54, 1.807) is 0 Å². The molecule has 2 fully saturated rings. The highest BCUT2D eigenvalue weighted by atomic mass is 79.9.